The van der Waals surface area contributed by atoms with E-state index < -0.39 is 0 Å². The molecule has 0 amide bonds. The predicted octanol–water partition coefficient (Wildman–Crippen LogP) is 2.79. The van der Waals surface area contributed by atoms with Crippen LogP contribution in [-0.2, 0) is 14.3 Å². The Labute approximate surface area is 124 Å². The van der Waals surface area contributed by atoms with Crippen molar-refractivity contribution in [3.63, 3.8) is 0 Å². The van der Waals surface area contributed by atoms with Gasteiger partial charge in [0.15, 0.2) is 19.4 Å². The van der Waals surface area contributed by atoms with Crippen LogP contribution in [0, 0.1) is 0 Å². The summed E-state index contributed by atoms with van der Waals surface area (Å²) in [5.74, 6) is 1.34. The number of ether oxygens (including phenoxy) is 4. The van der Waals surface area contributed by atoms with Gasteiger partial charge in [-0.1, -0.05) is 6.08 Å². The highest BCUT2D eigenvalue weighted by molar-refractivity contribution is 6.22. The van der Waals surface area contributed by atoms with Crippen molar-refractivity contribution in [2.75, 3.05) is 27.8 Å². The SMILES string of the molecule is COCOc1ccc(C2=CCCCC2=O)c(OCOC)c1. The Morgan fingerprint density at radius 2 is 1.86 bits per heavy atom. The number of hydrogen-bond acceptors (Lipinski definition) is 5. The number of carbonyl (C=O) groups is 1. The van der Waals surface area contributed by atoms with Crippen LogP contribution in [0.2, 0.25) is 0 Å². The van der Waals surface area contributed by atoms with Crippen LogP contribution < -0.4 is 9.47 Å². The monoisotopic (exact) mass is 292 g/mol. The summed E-state index contributed by atoms with van der Waals surface area (Å²) in [5, 5.41) is 0. The summed E-state index contributed by atoms with van der Waals surface area (Å²) in [5.41, 5.74) is 1.49. The second-order valence-electron chi connectivity index (χ2n) is 4.69. The Morgan fingerprint density at radius 1 is 1.10 bits per heavy atom. The number of Topliss-reactive ketones (excluding diaryl/α,β-unsaturated/α-hetero) is 1. The molecular formula is C16H20O5. The normalized spacial score (nSPS) is 14.8. The van der Waals surface area contributed by atoms with Crippen LogP contribution in [0.5, 0.6) is 11.5 Å². The zero-order valence-corrected chi connectivity index (χ0v) is 12.4. The number of benzene rings is 1. The summed E-state index contributed by atoms with van der Waals surface area (Å²) in [6, 6.07) is 5.39. The average molecular weight is 292 g/mol. The summed E-state index contributed by atoms with van der Waals surface area (Å²) in [6.07, 6.45) is 4.37. The van der Waals surface area contributed by atoms with E-state index in [1.165, 1.54) is 0 Å². The summed E-state index contributed by atoms with van der Waals surface area (Å²) in [6.45, 7) is 0.271. The van der Waals surface area contributed by atoms with Gasteiger partial charge in [0.25, 0.3) is 0 Å². The van der Waals surface area contributed by atoms with E-state index in [0.717, 1.165) is 18.4 Å². The molecular weight excluding hydrogens is 272 g/mol. The molecule has 0 aromatic heterocycles. The summed E-state index contributed by atoms with van der Waals surface area (Å²) in [7, 11) is 3.11. The first-order valence-corrected chi connectivity index (χ1v) is 6.87. The van der Waals surface area contributed by atoms with Gasteiger partial charge in [-0.3, -0.25) is 4.79 Å². The molecule has 0 saturated heterocycles. The van der Waals surface area contributed by atoms with Crippen LogP contribution in [0.25, 0.3) is 5.57 Å². The third-order valence-electron chi connectivity index (χ3n) is 3.18. The van der Waals surface area contributed by atoms with Gasteiger partial charge in [0.1, 0.15) is 11.5 Å². The molecule has 0 aliphatic heterocycles. The highest BCUT2D eigenvalue weighted by Gasteiger charge is 2.19. The maximum Gasteiger partial charge on any atom is 0.188 e. The molecule has 1 aromatic rings. The smallest absolute Gasteiger partial charge is 0.188 e. The van der Waals surface area contributed by atoms with Crippen molar-refractivity contribution in [1.82, 2.24) is 0 Å². The highest BCUT2D eigenvalue weighted by atomic mass is 16.7. The molecule has 114 valence electrons. The zero-order chi connectivity index (χ0) is 15.1. The molecule has 5 nitrogen and oxygen atoms in total. The zero-order valence-electron chi connectivity index (χ0n) is 12.4. The van der Waals surface area contributed by atoms with Gasteiger partial charge in [-0.15, -0.1) is 0 Å². The fourth-order valence-corrected chi connectivity index (χ4v) is 2.20. The lowest BCUT2D eigenvalue weighted by atomic mass is 9.92. The number of methoxy groups -OCH3 is 2. The van der Waals surface area contributed by atoms with E-state index in [0.29, 0.717) is 23.5 Å². The minimum Gasteiger partial charge on any atom is -0.467 e. The highest BCUT2D eigenvalue weighted by Crippen LogP contribution is 2.33. The van der Waals surface area contributed by atoms with Gasteiger partial charge in [0.05, 0.1) is 0 Å². The van der Waals surface area contributed by atoms with Gasteiger partial charge in [-0.25, -0.2) is 0 Å². The fraction of sp³-hybridized carbons (Fsp3) is 0.438. The summed E-state index contributed by atoms with van der Waals surface area (Å²) >= 11 is 0. The molecule has 0 radical (unpaired) electrons. The first kappa shape index (κ1) is 15.5. The minimum atomic E-state index is 0.113. The van der Waals surface area contributed by atoms with Crippen molar-refractivity contribution in [2.45, 2.75) is 19.3 Å². The van der Waals surface area contributed by atoms with Crippen LogP contribution >= 0.6 is 0 Å². The number of allylic oxidation sites excluding steroid dienone is 2. The minimum absolute atomic E-state index is 0.113. The first-order valence-electron chi connectivity index (χ1n) is 6.87. The fourth-order valence-electron chi connectivity index (χ4n) is 2.20. The van der Waals surface area contributed by atoms with E-state index >= 15 is 0 Å². The molecule has 0 heterocycles. The standard InChI is InChI=1S/C16H20O5/c1-18-10-20-12-7-8-14(16(9-12)21-11-19-2)13-5-3-4-6-15(13)17/h5,7-9H,3-4,6,10-11H2,1-2H3. The van der Waals surface area contributed by atoms with Gasteiger partial charge in [0, 0.05) is 37.8 Å². The first-order chi connectivity index (χ1) is 10.3. The lowest BCUT2D eigenvalue weighted by Crippen LogP contribution is -2.09. The Kier molecular flexibility index (Phi) is 5.78. The average Bonchev–Trinajstić information content (AvgIpc) is 2.51. The van der Waals surface area contributed by atoms with E-state index in [1.807, 2.05) is 12.1 Å². The van der Waals surface area contributed by atoms with Gasteiger partial charge >= 0.3 is 0 Å². The third-order valence-corrected chi connectivity index (χ3v) is 3.18. The largest absolute Gasteiger partial charge is 0.467 e. The van der Waals surface area contributed by atoms with Gasteiger partial charge in [0.2, 0.25) is 0 Å². The molecule has 0 atom stereocenters. The van der Waals surface area contributed by atoms with E-state index in [1.54, 1.807) is 26.4 Å². The lowest BCUT2D eigenvalue weighted by molar-refractivity contribution is -0.114. The molecule has 0 saturated carbocycles. The van der Waals surface area contributed by atoms with Crippen LogP contribution in [0.3, 0.4) is 0 Å². The topological polar surface area (TPSA) is 54.0 Å². The van der Waals surface area contributed by atoms with Crippen molar-refractivity contribution < 1.29 is 23.7 Å². The Hall–Kier alpha value is -1.85. The van der Waals surface area contributed by atoms with Gasteiger partial charge < -0.3 is 18.9 Å². The van der Waals surface area contributed by atoms with Crippen molar-refractivity contribution in [2.24, 2.45) is 0 Å². The Bertz CT molecular complexity index is 521. The van der Waals surface area contributed by atoms with E-state index in [9.17, 15) is 4.79 Å². The molecule has 1 aromatic carbocycles. The van der Waals surface area contributed by atoms with Crippen molar-refractivity contribution in [1.29, 1.82) is 0 Å². The number of hydrogen-bond donors (Lipinski definition) is 0. The van der Waals surface area contributed by atoms with E-state index in [2.05, 4.69) is 0 Å². The molecule has 0 fully saturated rings. The Morgan fingerprint density at radius 3 is 2.57 bits per heavy atom. The number of ketones is 1. The molecule has 0 bridgehead atoms. The van der Waals surface area contributed by atoms with Crippen LogP contribution in [0.15, 0.2) is 24.3 Å². The molecule has 2 rings (SSSR count). The molecule has 5 heteroatoms. The maximum absolute atomic E-state index is 12.1. The maximum atomic E-state index is 12.1. The third kappa shape index (κ3) is 4.06. The number of rotatable bonds is 7. The molecule has 0 spiro atoms. The molecule has 0 unspecified atom stereocenters. The van der Waals surface area contributed by atoms with Crippen LogP contribution in [0.4, 0.5) is 0 Å². The molecule has 0 N–H and O–H groups in total. The molecule has 21 heavy (non-hydrogen) atoms. The second kappa shape index (κ2) is 7.81. The summed E-state index contributed by atoms with van der Waals surface area (Å²) < 4.78 is 20.8. The van der Waals surface area contributed by atoms with Crippen LogP contribution in [-0.4, -0.2) is 33.6 Å². The van der Waals surface area contributed by atoms with Crippen LogP contribution in [0.1, 0.15) is 24.8 Å². The van der Waals surface area contributed by atoms with E-state index in [-0.39, 0.29) is 19.4 Å². The van der Waals surface area contributed by atoms with Gasteiger partial charge in [-0.05, 0) is 25.0 Å². The number of carbonyl (C=O) groups excluding carboxylic acids is 1. The van der Waals surface area contributed by atoms with Crippen molar-refractivity contribution in [3.05, 3.63) is 29.8 Å². The molecule has 1 aliphatic rings. The Balaban J connectivity index is 2.30. The lowest BCUT2D eigenvalue weighted by Gasteiger charge is -2.17. The predicted molar refractivity (Wildman–Crippen MR) is 78.3 cm³/mol. The quantitative estimate of drug-likeness (QED) is 0.723. The van der Waals surface area contributed by atoms with Crippen molar-refractivity contribution >= 4 is 11.4 Å². The second-order valence-corrected chi connectivity index (χ2v) is 4.69. The summed E-state index contributed by atoms with van der Waals surface area (Å²) in [4.78, 5) is 12.1. The van der Waals surface area contributed by atoms with E-state index in [4.69, 9.17) is 18.9 Å². The van der Waals surface area contributed by atoms with Gasteiger partial charge in [-0.2, -0.15) is 0 Å². The molecule has 1 aliphatic carbocycles. The van der Waals surface area contributed by atoms with Crippen molar-refractivity contribution in [3.8, 4) is 11.5 Å².